The van der Waals surface area contributed by atoms with E-state index >= 15 is 0 Å². The van der Waals surface area contributed by atoms with Crippen LogP contribution in [0.2, 0.25) is 5.02 Å². The van der Waals surface area contributed by atoms with Gasteiger partial charge < -0.3 is 5.11 Å². The molecule has 80 valence electrons. The second-order valence-electron chi connectivity index (χ2n) is 2.91. The number of hydrogen-bond acceptors (Lipinski definition) is 4. The van der Waals surface area contributed by atoms with E-state index in [1.165, 1.54) is 18.2 Å². The molecule has 7 heteroatoms. The van der Waals surface area contributed by atoms with E-state index in [1.54, 1.807) is 0 Å². The number of carbonyl (C=O) groups is 1. The molecule has 0 saturated carbocycles. The Kier molecular flexibility index (Phi) is 2.22. The van der Waals surface area contributed by atoms with Gasteiger partial charge in [0.2, 0.25) is 0 Å². The molecule has 0 saturated heterocycles. The number of aliphatic hydroxyl groups excluding tert-OH is 1. The summed E-state index contributed by atoms with van der Waals surface area (Å²) in [6, 6.07) is 4.14. The first-order valence-corrected chi connectivity index (χ1v) is 5.78. The van der Waals surface area contributed by atoms with Gasteiger partial charge in [-0.3, -0.25) is 4.79 Å². The van der Waals surface area contributed by atoms with Crippen LogP contribution in [-0.4, -0.2) is 30.5 Å². The quantitative estimate of drug-likeness (QED) is 0.781. The molecule has 15 heavy (non-hydrogen) atoms. The molecule has 0 radical (unpaired) electrons. The molecule has 1 aromatic rings. The molecular formula is C8H6ClNO4S. The largest absolute Gasteiger partial charge is 0.375 e. The standard InChI is InChI=1S/C8H6ClNO4S/c9-5-2-1-3-6-7(5)8(12)10(4-11)15(6,13)14/h1-3,11H,4H2. The fourth-order valence-corrected chi connectivity index (χ4v) is 3.14. The van der Waals surface area contributed by atoms with Gasteiger partial charge in [0.25, 0.3) is 15.9 Å². The van der Waals surface area contributed by atoms with Crippen molar-refractivity contribution in [3.05, 3.63) is 28.8 Å². The van der Waals surface area contributed by atoms with Crippen molar-refractivity contribution in [3.63, 3.8) is 0 Å². The molecule has 1 amide bonds. The molecule has 2 rings (SSSR count). The first-order valence-electron chi connectivity index (χ1n) is 3.96. The van der Waals surface area contributed by atoms with Crippen molar-refractivity contribution in [1.29, 1.82) is 0 Å². The first kappa shape index (κ1) is 10.4. The maximum atomic E-state index is 11.7. The number of amides is 1. The third kappa shape index (κ3) is 1.26. The molecule has 5 nitrogen and oxygen atoms in total. The number of fused-ring (bicyclic) bond motifs is 1. The van der Waals surface area contributed by atoms with Gasteiger partial charge >= 0.3 is 0 Å². The molecule has 1 aliphatic rings. The Morgan fingerprint density at radius 1 is 1.40 bits per heavy atom. The highest BCUT2D eigenvalue weighted by atomic mass is 35.5. The second-order valence-corrected chi connectivity index (χ2v) is 5.15. The summed E-state index contributed by atoms with van der Waals surface area (Å²) in [5, 5.41) is 8.88. The number of aliphatic hydroxyl groups is 1. The van der Waals surface area contributed by atoms with Crippen LogP contribution >= 0.6 is 11.6 Å². The Balaban J connectivity index is 2.80. The van der Waals surface area contributed by atoms with Gasteiger partial charge in [-0.25, -0.2) is 12.7 Å². The summed E-state index contributed by atoms with van der Waals surface area (Å²) in [6.07, 6.45) is 0. The Morgan fingerprint density at radius 2 is 2.07 bits per heavy atom. The van der Waals surface area contributed by atoms with Gasteiger partial charge in [0.15, 0.2) is 0 Å². The highest BCUT2D eigenvalue weighted by Gasteiger charge is 2.42. The van der Waals surface area contributed by atoms with Crippen molar-refractivity contribution >= 4 is 27.5 Å². The van der Waals surface area contributed by atoms with Crippen LogP contribution in [0.5, 0.6) is 0 Å². The van der Waals surface area contributed by atoms with Gasteiger partial charge in [-0.15, -0.1) is 0 Å². The third-order valence-corrected chi connectivity index (χ3v) is 4.18. The lowest BCUT2D eigenvalue weighted by Crippen LogP contribution is -2.30. The number of sulfonamides is 1. The highest BCUT2D eigenvalue weighted by molar-refractivity contribution is 7.90. The predicted molar refractivity (Wildman–Crippen MR) is 51.9 cm³/mol. The molecule has 0 unspecified atom stereocenters. The number of nitrogens with zero attached hydrogens (tertiary/aromatic N) is 1. The van der Waals surface area contributed by atoms with E-state index in [2.05, 4.69) is 0 Å². The van der Waals surface area contributed by atoms with Gasteiger partial charge in [0.1, 0.15) is 11.6 Å². The number of hydrogen-bond donors (Lipinski definition) is 1. The lowest BCUT2D eigenvalue weighted by atomic mass is 10.2. The molecule has 1 N–H and O–H groups in total. The third-order valence-electron chi connectivity index (χ3n) is 2.11. The van der Waals surface area contributed by atoms with Gasteiger partial charge in [-0.2, -0.15) is 0 Å². The van der Waals surface area contributed by atoms with Crippen LogP contribution in [0, 0.1) is 0 Å². The van der Waals surface area contributed by atoms with Crippen molar-refractivity contribution < 1.29 is 18.3 Å². The van der Waals surface area contributed by atoms with Crippen molar-refractivity contribution in [2.45, 2.75) is 4.90 Å². The van der Waals surface area contributed by atoms with E-state index in [1.807, 2.05) is 0 Å². The van der Waals surface area contributed by atoms with Gasteiger partial charge in [-0.1, -0.05) is 17.7 Å². The van der Waals surface area contributed by atoms with Gasteiger partial charge in [0, 0.05) is 0 Å². The Labute approximate surface area is 90.9 Å². The van der Waals surface area contributed by atoms with E-state index in [9.17, 15) is 13.2 Å². The highest BCUT2D eigenvalue weighted by Crippen LogP contribution is 2.33. The minimum atomic E-state index is -3.92. The summed E-state index contributed by atoms with van der Waals surface area (Å²) in [5.74, 6) is -0.793. The average molecular weight is 248 g/mol. The zero-order valence-electron chi connectivity index (χ0n) is 7.34. The lowest BCUT2D eigenvalue weighted by Gasteiger charge is -2.09. The molecule has 0 bridgehead atoms. The molecule has 0 fully saturated rings. The normalized spacial score (nSPS) is 18.0. The molecule has 0 spiro atoms. The van der Waals surface area contributed by atoms with Gasteiger partial charge in [0.05, 0.1) is 10.6 Å². The van der Waals surface area contributed by atoms with Crippen LogP contribution in [0.3, 0.4) is 0 Å². The number of halogens is 1. The van der Waals surface area contributed by atoms with Gasteiger partial charge in [-0.05, 0) is 12.1 Å². The van der Waals surface area contributed by atoms with Crippen molar-refractivity contribution in [2.75, 3.05) is 6.73 Å². The molecule has 0 aliphatic carbocycles. The maximum absolute atomic E-state index is 11.7. The minimum Gasteiger partial charge on any atom is -0.375 e. The van der Waals surface area contributed by atoms with Crippen LogP contribution in [0.4, 0.5) is 0 Å². The summed E-state index contributed by atoms with van der Waals surface area (Å²) >= 11 is 5.72. The summed E-state index contributed by atoms with van der Waals surface area (Å²) in [5.41, 5.74) is -0.0757. The van der Waals surface area contributed by atoms with Crippen LogP contribution in [0.1, 0.15) is 10.4 Å². The zero-order valence-corrected chi connectivity index (χ0v) is 8.92. The fraction of sp³-hybridized carbons (Fsp3) is 0.125. The van der Waals surface area contributed by atoms with E-state index in [0.717, 1.165) is 0 Å². The zero-order chi connectivity index (χ0) is 11.2. The van der Waals surface area contributed by atoms with Crippen LogP contribution in [0.15, 0.2) is 23.1 Å². The molecule has 1 aliphatic heterocycles. The minimum absolute atomic E-state index is 0.0667. The summed E-state index contributed by atoms with van der Waals surface area (Å²) in [7, 11) is -3.92. The lowest BCUT2D eigenvalue weighted by molar-refractivity contribution is 0.0768. The monoisotopic (exact) mass is 247 g/mol. The Morgan fingerprint density at radius 3 is 2.60 bits per heavy atom. The summed E-state index contributed by atoms with van der Waals surface area (Å²) in [6.45, 7) is -0.883. The van der Waals surface area contributed by atoms with Crippen molar-refractivity contribution in [2.24, 2.45) is 0 Å². The van der Waals surface area contributed by atoms with Crippen LogP contribution in [-0.2, 0) is 10.0 Å². The molecule has 1 heterocycles. The van der Waals surface area contributed by atoms with Crippen molar-refractivity contribution in [3.8, 4) is 0 Å². The smallest absolute Gasteiger partial charge is 0.272 e. The molecule has 0 aromatic heterocycles. The van der Waals surface area contributed by atoms with Crippen LogP contribution < -0.4 is 0 Å². The number of benzene rings is 1. The number of rotatable bonds is 1. The predicted octanol–water partition coefficient (Wildman–Crippen LogP) is 0.434. The van der Waals surface area contributed by atoms with E-state index in [4.69, 9.17) is 16.7 Å². The number of carbonyl (C=O) groups excluding carboxylic acids is 1. The maximum Gasteiger partial charge on any atom is 0.272 e. The molecular weight excluding hydrogens is 242 g/mol. The molecule has 0 atom stereocenters. The topological polar surface area (TPSA) is 74.7 Å². The SMILES string of the molecule is O=C1c2c(Cl)cccc2S(=O)(=O)N1CO. The van der Waals surface area contributed by atoms with E-state index in [0.29, 0.717) is 4.31 Å². The second kappa shape index (κ2) is 3.19. The van der Waals surface area contributed by atoms with Crippen molar-refractivity contribution in [1.82, 2.24) is 4.31 Å². The van der Waals surface area contributed by atoms with Crippen LogP contribution in [0.25, 0.3) is 0 Å². The Bertz CT molecular complexity index is 540. The molecule has 1 aromatic carbocycles. The summed E-state index contributed by atoms with van der Waals surface area (Å²) < 4.78 is 23.7. The first-order chi connectivity index (χ1) is 7.00. The Hall–Kier alpha value is -1.11. The van der Waals surface area contributed by atoms with E-state index in [-0.39, 0.29) is 15.5 Å². The average Bonchev–Trinajstić information content (AvgIpc) is 2.36. The summed E-state index contributed by atoms with van der Waals surface area (Å²) in [4.78, 5) is 11.4. The van der Waals surface area contributed by atoms with E-state index < -0.39 is 22.7 Å². The fourth-order valence-electron chi connectivity index (χ4n) is 1.42.